The summed E-state index contributed by atoms with van der Waals surface area (Å²) in [7, 11) is 0. The Morgan fingerprint density at radius 3 is 2.08 bits per heavy atom. The van der Waals surface area contributed by atoms with Gasteiger partial charge in [0.2, 0.25) is 0 Å². The van der Waals surface area contributed by atoms with E-state index in [1.165, 1.54) is 53.9 Å². The zero-order valence-corrected chi connectivity index (χ0v) is 23.6. The van der Waals surface area contributed by atoms with E-state index in [2.05, 4.69) is 116 Å². The van der Waals surface area contributed by atoms with Gasteiger partial charge >= 0.3 is 0 Å². The van der Waals surface area contributed by atoms with Gasteiger partial charge in [-0.05, 0) is 85.3 Å². The SMILES string of the molecule is C=CNC(=C)N(Cc1ccc(C)c(C(=C)NCc2ccc(Cc3ccc(N4CCCC4)cc3)cc2)c1)C(=C)C. The first-order valence-electron chi connectivity index (χ1n) is 13.8. The molecular weight excluding hydrogens is 476 g/mol. The Morgan fingerprint density at radius 1 is 0.872 bits per heavy atom. The minimum absolute atomic E-state index is 0.665. The van der Waals surface area contributed by atoms with Crippen LogP contribution >= 0.6 is 0 Å². The highest BCUT2D eigenvalue weighted by atomic mass is 15.2. The number of aryl methyl sites for hydroxylation is 1. The Morgan fingerprint density at radius 2 is 1.46 bits per heavy atom. The molecule has 202 valence electrons. The number of allylic oxidation sites excluding steroid dienone is 1. The van der Waals surface area contributed by atoms with Crippen LogP contribution in [0, 0.1) is 6.92 Å². The van der Waals surface area contributed by atoms with Gasteiger partial charge in [-0.2, -0.15) is 0 Å². The normalized spacial score (nSPS) is 12.6. The standard InChI is InChI=1S/C35H42N4/c1-7-36-29(6)39(26(2)3)25-33-11-10-27(4)35(23-33)28(5)37-24-32-14-12-30(13-15-32)22-31-16-18-34(19-17-31)38-20-8-9-21-38/h7,10-19,23,36-37H,1-2,5-6,8-9,20-22,24-25H2,3-4H3. The summed E-state index contributed by atoms with van der Waals surface area (Å²) < 4.78 is 0. The van der Waals surface area contributed by atoms with Crippen molar-refractivity contribution in [2.24, 2.45) is 0 Å². The van der Waals surface area contributed by atoms with E-state index in [0.717, 1.165) is 41.3 Å². The highest BCUT2D eigenvalue weighted by molar-refractivity contribution is 5.65. The molecule has 4 heteroatoms. The number of benzene rings is 3. The molecule has 1 fully saturated rings. The van der Waals surface area contributed by atoms with Gasteiger partial charge in [0.1, 0.15) is 5.82 Å². The van der Waals surface area contributed by atoms with Crippen LogP contribution in [0.1, 0.15) is 53.1 Å². The third-order valence-electron chi connectivity index (χ3n) is 7.37. The lowest BCUT2D eigenvalue weighted by atomic mass is 10.0. The Labute approximate surface area is 235 Å². The summed E-state index contributed by atoms with van der Waals surface area (Å²) in [6.07, 6.45) is 5.19. The van der Waals surface area contributed by atoms with Gasteiger partial charge in [-0.25, -0.2) is 0 Å². The van der Waals surface area contributed by atoms with Gasteiger partial charge in [0.15, 0.2) is 0 Å². The van der Waals surface area contributed by atoms with E-state index in [1.54, 1.807) is 6.20 Å². The maximum absolute atomic E-state index is 4.34. The summed E-state index contributed by atoms with van der Waals surface area (Å²) in [5.74, 6) is 0.749. The van der Waals surface area contributed by atoms with Crippen molar-refractivity contribution in [3.05, 3.63) is 144 Å². The predicted molar refractivity (Wildman–Crippen MR) is 167 cm³/mol. The van der Waals surface area contributed by atoms with Gasteiger partial charge in [0.25, 0.3) is 0 Å². The Balaban J connectivity index is 1.33. The highest BCUT2D eigenvalue weighted by Gasteiger charge is 2.13. The lowest BCUT2D eigenvalue weighted by Gasteiger charge is -2.27. The smallest absolute Gasteiger partial charge is 0.102 e. The fourth-order valence-corrected chi connectivity index (χ4v) is 5.05. The maximum atomic E-state index is 4.34. The van der Waals surface area contributed by atoms with Crippen LogP contribution in [-0.4, -0.2) is 18.0 Å². The van der Waals surface area contributed by atoms with Crippen LogP contribution in [0.25, 0.3) is 5.70 Å². The average Bonchev–Trinajstić information content (AvgIpc) is 3.47. The molecule has 0 amide bonds. The summed E-state index contributed by atoms with van der Waals surface area (Å²) in [6.45, 7) is 24.1. The summed E-state index contributed by atoms with van der Waals surface area (Å²) in [4.78, 5) is 4.52. The molecule has 0 aromatic heterocycles. The molecule has 39 heavy (non-hydrogen) atoms. The Bertz CT molecular complexity index is 1310. The van der Waals surface area contributed by atoms with E-state index >= 15 is 0 Å². The number of hydrogen-bond acceptors (Lipinski definition) is 4. The predicted octanol–water partition coefficient (Wildman–Crippen LogP) is 7.49. The van der Waals surface area contributed by atoms with Crippen LogP contribution in [-0.2, 0) is 19.5 Å². The molecule has 0 saturated carbocycles. The van der Waals surface area contributed by atoms with Gasteiger partial charge in [-0.15, -0.1) is 0 Å². The largest absolute Gasteiger partial charge is 0.381 e. The minimum Gasteiger partial charge on any atom is -0.381 e. The second kappa shape index (κ2) is 13.1. The molecule has 4 rings (SSSR count). The van der Waals surface area contributed by atoms with Crippen molar-refractivity contribution in [3.8, 4) is 0 Å². The van der Waals surface area contributed by atoms with E-state index in [1.807, 2.05) is 11.8 Å². The molecule has 1 saturated heterocycles. The molecule has 0 radical (unpaired) electrons. The molecular formula is C35H42N4. The molecule has 1 heterocycles. The van der Waals surface area contributed by atoms with E-state index in [9.17, 15) is 0 Å². The van der Waals surface area contributed by atoms with Crippen molar-refractivity contribution in [3.63, 3.8) is 0 Å². The van der Waals surface area contributed by atoms with E-state index in [0.29, 0.717) is 6.54 Å². The second-order valence-electron chi connectivity index (χ2n) is 10.5. The van der Waals surface area contributed by atoms with Crippen LogP contribution in [0.3, 0.4) is 0 Å². The first-order chi connectivity index (χ1) is 18.8. The van der Waals surface area contributed by atoms with Gasteiger partial charge in [0, 0.05) is 48.8 Å². The number of nitrogens with one attached hydrogen (secondary N) is 2. The summed E-state index contributed by atoms with van der Waals surface area (Å²) in [6, 6.07) is 24.4. The third-order valence-corrected chi connectivity index (χ3v) is 7.37. The van der Waals surface area contributed by atoms with Gasteiger partial charge < -0.3 is 20.4 Å². The molecule has 4 nitrogen and oxygen atoms in total. The Kier molecular flexibility index (Phi) is 9.32. The molecule has 0 aliphatic carbocycles. The first-order valence-corrected chi connectivity index (χ1v) is 13.8. The zero-order chi connectivity index (χ0) is 27.8. The second-order valence-corrected chi connectivity index (χ2v) is 10.5. The van der Waals surface area contributed by atoms with Crippen molar-refractivity contribution < 1.29 is 0 Å². The van der Waals surface area contributed by atoms with Gasteiger partial charge in [-0.1, -0.05) is 74.8 Å². The van der Waals surface area contributed by atoms with Crippen LogP contribution in [0.5, 0.6) is 0 Å². The molecule has 2 N–H and O–H groups in total. The lowest BCUT2D eigenvalue weighted by Crippen LogP contribution is -2.26. The number of anilines is 1. The minimum atomic E-state index is 0.665. The number of hydrogen-bond donors (Lipinski definition) is 2. The van der Waals surface area contributed by atoms with Gasteiger partial charge in [0.05, 0.1) is 0 Å². The van der Waals surface area contributed by atoms with Crippen LogP contribution in [0.4, 0.5) is 5.69 Å². The molecule has 0 atom stereocenters. The maximum Gasteiger partial charge on any atom is 0.102 e. The van der Waals surface area contributed by atoms with Crippen molar-refractivity contribution in [1.29, 1.82) is 0 Å². The topological polar surface area (TPSA) is 30.5 Å². The highest BCUT2D eigenvalue weighted by Crippen LogP contribution is 2.23. The van der Waals surface area contributed by atoms with Crippen LogP contribution in [0.2, 0.25) is 0 Å². The molecule has 1 aliphatic heterocycles. The molecule has 3 aromatic carbocycles. The van der Waals surface area contributed by atoms with E-state index in [-0.39, 0.29) is 0 Å². The van der Waals surface area contributed by atoms with E-state index in [4.69, 9.17) is 0 Å². The average molecular weight is 519 g/mol. The third kappa shape index (κ3) is 7.44. The fourth-order valence-electron chi connectivity index (χ4n) is 5.05. The van der Waals surface area contributed by atoms with Crippen molar-refractivity contribution in [1.82, 2.24) is 15.5 Å². The summed E-state index contributed by atoms with van der Waals surface area (Å²) >= 11 is 0. The van der Waals surface area contributed by atoms with E-state index < -0.39 is 0 Å². The zero-order valence-electron chi connectivity index (χ0n) is 23.6. The van der Waals surface area contributed by atoms with Crippen molar-refractivity contribution in [2.45, 2.75) is 46.2 Å². The Hall–Kier alpha value is -4.18. The van der Waals surface area contributed by atoms with Crippen LogP contribution < -0.4 is 15.5 Å². The molecule has 0 bridgehead atoms. The molecule has 3 aromatic rings. The monoisotopic (exact) mass is 518 g/mol. The summed E-state index contributed by atoms with van der Waals surface area (Å²) in [5.41, 5.74) is 10.5. The van der Waals surface area contributed by atoms with Crippen molar-refractivity contribution >= 4 is 11.4 Å². The first kappa shape index (κ1) is 27.8. The molecule has 0 spiro atoms. The molecule has 1 aliphatic rings. The quantitative estimate of drug-likeness (QED) is 0.245. The summed E-state index contributed by atoms with van der Waals surface area (Å²) in [5, 5.41) is 6.60. The lowest BCUT2D eigenvalue weighted by molar-refractivity contribution is 0.404. The van der Waals surface area contributed by atoms with Crippen LogP contribution in [0.15, 0.2) is 111 Å². The van der Waals surface area contributed by atoms with Crippen molar-refractivity contribution in [2.75, 3.05) is 18.0 Å². The van der Waals surface area contributed by atoms with Gasteiger partial charge in [-0.3, -0.25) is 0 Å². The fraction of sp³-hybridized carbons (Fsp3) is 0.257. The molecule has 0 unspecified atom stereocenters. The number of rotatable bonds is 13. The number of nitrogens with zero attached hydrogens (tertiary/aromatic N) is 2.